The summed E-state index contributed by atoms with van der Waals surface area (Å²) in [6, 6.07) is 7.13. The Morgan fingerprint density at radius 2 is 1.86 bits per heavy atom. The predicted octanol–water partition coefficient (Wildman–Crippen LogP) is 0.769. The standard InChI is InChI=1S/C8H8IN3OS/c9-6-3-1-5(2-4-6)7(13)11-12-8(10)14/h1-4H,(H,11,13)(H3,10,12,14). The number of nitrogens with one attached hydrogen (secondary N) is 2. The van der Waals surface area contributed by atoms with Gasteiger partial charge in [0.1, 0.15) is 0 Å². The van der Waals surface area contributed by atoms with Crippen LogP contribution in [0.4, 0.5) is 0 Å². The molecule has 1 amide bonds. The van der Waals surface area contributed by atoms with E-state index in [0.29, 0.717) is 5.56 Å². The maximum absolute atomic E-state index is 11.4. The monoisotopic (exact) mass is 321 g/mol. The summed E-state index contributed by atoms with van der Waals surface area (Å²) in [5, 5.41) is 0.0314. The van der Waals surface area contributed by atoms with Crippen molar-refractivity contribution in [3.63, 3.8) is 0 Å². The molecule has 0 heterocycles. The number of hydrazine groups is 1. The molecule has 0 spiro atoms. The molecule has 1 aromatic rings. The summed E-state index contributed by atoms with van der Waals surface area (Å²) in [6.07, 6.45) is 0. The van der Waals surface area contributed by atoms with Crippen molar-refractivity contribution < 1.29 is 4.79 Å². The molecule has 4 N–H and O–H groups in total. The summed E-state index contributed by atoms with van der Waals surface area (Å²) >= 11 is 6.70. The molecule has 0 aliphatic heterocycles. The predicted molar refractivity (Wildman–Crippen MR) is 66.5 cm³/mol. The largest absolute Gasteiger partial charge is 0.375 e. The second kappa shape index (κ2) is 5.11. The maximum atomic E-state index is 11.4. The van der Waals surface area contributed by atoms with Crippen molar-refractivity contribution in [2.75, 3.05) is 0 Å². The van der Waals surface area contributed by atoms with Gasteiger partial charge in [0.25, 0.3) is 5.91 Å². The second-order valence-corrected chi connectivity index (χ2v) is 4.14. The van der Waals surface area contributed by atoms with Gasteiger partial charge in [-0.1, -0.05) is 0 Å². The quantitative estimate of drug-likeness (QED) is 0.406. The Bertz CT molecular complexity index is 352. The Balaban J connectivity index is 2.61. The van der Waals surface area contributed by atoms with Crippen LogP contribution in [0.5, 0.6) is 0 Å². The van der Waals surface area contributed by atoms with Crippen LogP contribution in [-0.2, 0) is 0 Å². The van der Waals surface area contributed by atoms with Crippen LogP contribution < -0.4 is 16.6 Å². The molecule has 0 bridgehead atoms. The molecule has 0 atom stereocenters. The number of benzene rings is 1. The normalized spacial score (nSPS) is 9.21. The minimum absolute atomic E-state index is 0.0314. The Morgan fingerprint density at radius 3 is 2.36 bits per heavy atom. The van der Waals surface area contributed by atoms with Gasteiger partial charge in [0, 0.05) is 9.13 Å². The molecule has 0 fully saturated rings. The number of hydrogen-bond acceptors (Lipinski definition) is 2. The van der Waals surface area contributed by atoms with Crippen LogP contribution in [0.3, 0.4) is 0 Å². The van der Waals surface area contributed by atoms with E-state index >= 15 is 0 Å². The van der Waals surface area contributed by atoms with Crippen LogP contribution in [0.1, 0.15) is 10.4 Å². The average molecular weight is 321 g/mol. The van der Waals surface area contributed by atoms with E-state index in [1.807, 2.05) is 12.1 Å². The number of nitrogens with two attached hydrogens (primary N) is 1. The van der Waals surface area contributed by atoms with Crippen molar-refractivity contribution in [3.8, 4) is 0 Å². The maximum Gasteiger partial charge on any atom is 0.269 e. The molecule has 1 aromatic carbocycles. The fourth-order valence-electron chi connectivity index (χ4n) is 0.792. The fraction of sp³-hybridized carbons (Fsp3) is 0. The zero-order valence-corrected chi connectivity index (χ0v) is 10.1. The van der Waals surface area contributed by atoms with E-state index in [0.717, 1.165) is 3.57 Å². The summed E-state index contributed by atoms with van der Waals surface area (Å²) in [5.41, 5.74) is 10.4. The van der Waals surface area contributed by atoms with Crippen LogP contribution in [0, 0.1) is 3.57 Å². The van der Waals surface area contributed by atoms with Gasteiger partial charge in [0.05, 0.1) is 0 Å². The van der Waals surface area contributed by atoms with Crippen LogP contribution >= 0.6 is 34.8 Å². The topological polar surface area (TPSA) is 67.2 Å². The summed E-state index contributed by atoms with van der Waals surface area (Å²) in [7, 11) is 0. The fourth-order valence-corrected chi connectivity index (χ4v) is 1.20. The van der Waals surface area contributed by atoms with Crippen molar-refractivity contribution in [1.29, 1.82) is 0 Å². The lowest BCUT2D eigenvalue weighted by molar-refractivity contribution is 0.0944. The third-order valence-electron chi connectivity index (χ3n) is 1.41. The van der Waals surface area contributed by atoms with Gasteiger partial charge in [0.15, 0.2) is 5.11 Å². The van der Waals surface area contributed by atoms with E-state index in [2.05, 4.69) is 45.7 Å². The third-order valence-corrected chi connectivity index (χ3v) is 2.23. The van der Waals surface area contributed by atoms with E-state index in [9.17, 15) is 4.79 Å². The molecule has 0 radical (unpaired) electrons. The molecule has 74 valence electrons. The smallest absolute Gasteiger partial charge is 0.269 e. The molecule has 4 nitrogen and oxygen atoms in total. The molecule has 0 aliphatic rings. The number of halogens is 1. The van der Waals surface area contributed by atoms with Crippen molar-refractivity contribution >= 4 is 45.8 Å². The minimum Gasteiger partial charge on any atom is -0.375 e. The average Bonchev–Trinajstić information content (AvgIpc) is 2.15. The van der Waals surface area contributed by atoms with Crippen LogP contribution in [0.25, 0.3) is 0 Å². The van der Waals surface area contributed by atoms with E-state index in [1.54, 1.807) is 12.1 Å². The summed E-state index contributed by atoms with van der Waals surface area (Å²) < 4.78 is 1.07. The van der Waals surface area contributed by atoms with Crippen LogP contribution in [0.2, 0.25) is 0 Å². The number of rotatable bonds is 1. The van der Waals surface area contributed by atoms with E-state index in [-0.39, 0.29) is 11.0 Å². The van der Waals surface area contributed by atoms with Gasteiger partial charge in [-0.05, 0) is 59.1 Å². The first-order valence-corrected chi connectivity index (χ1v) is 5.19. The number of carbonyl (C=O) groups excluding carboxylic acids is 1. The highest BCUT2D eigenvalue weighted by Gasteiger charge is 2.03. The molecule has 0 aromatic heterocycles. The summed E-state index contributed by atoms with van der Waals surface area (Å²) in [6.45, 7) is 0. The highest BCUT2D eigenvalue weighted by Crippen LogP contribution is 2.06. The molecule has 0 aliphatic carbocycles. The first-order chi connectivity index (χ1) is 6.59. The van der Waals surface area contributed by atoms with E-state index in [1.165, 1.54) is 0 Å². The SMILES string of the molecule is NC(=S)NNC(=O)c1ccc(I)cc1. The Morgan fingerprint density at radius 1 is 1.29 bits per heavy atom. The van der Waals surface area contributed by atoms with E-state index in [4.69, 9.17) is 5.73 Å². The molecule has 14 heavy (non-hydrogen) atoms. The Hall–Kier alpha value is -0.890. The van der Waals surface area contributed by atoms with Crippen LogP contribution in [-0.4, -0.2) is 11.0 Å². The van der Waals surface area contributed by atoms with Crippen molar-refractivity contribution in [3.05, 3.63) is 33.4 Å². The molecule has 1 rings (SSSR count). The first kappa shape index (κ1) is 11.2. The van der Waals surface area contributed by atoms with Gasteiger partial charge in [-0.25, -0.2) is 0 Å². The van der Waals surface area contributed by atoms with Crippen LogP contribution in [0.15, 0.2) is 24.3 Å². The Labute approximate surface area is 100 Å². The Kier molecular flexibility index (Phi) is 4.08. The highest BCUT2D eigenvalue weighted by molar-refractivity contribution is 14.1. The third kappa shape index (κ3) is 3.46. The minimum atomic E-state index is -0.269. The summed E-state index contributed by atoms with van der Waals surface area (Å²) in [4.78, 5) is 11.4. The number of carbonyl (C=O) groups is 1. The van der Waals surface area contributed by atoms with Crippen molar-refractivity contribution in [1.82, 2.24) is 10.9 Å². The molecular weight excluding hydrogens is 313 g/mol. The van der Waals surface area contributed by atoms with Crippen molar-refractivity contribution in [2.24, 2.45) is 5.73 Å². The van der Waals surface area contributed by atoms with Gasteiger partial charge in [-0.2, -0.15) is 0 Å². The lowest BCUT2D eigenvalue weighted by Gasteiger charge is -2.05. The van der Waals surface area contributed by atoms with Gasteiger partial charge >= 0.3 is 0 Å². The molecule has 0 saturated carbocycles. The molecule has 0 unspecified atom stereocenters. The second-order valence-electron chi connectivity index (χ2n) is 2.45. The van der Waals surface area contributed by atoms with Crippen molar-refractivity contribution in [2.45, 2.75) is 0 Å². The molecule has 0 saturated heterocycles. The van der Waals surface area contributed by atoms with Gasteiger partial charge in [0.2, 0.25) is 0 Å². The van der Waals surface area contributed by atoms with Gasteiger partial charge in [-0.3, -0.25) is 15.6 Å². The zero-order chi connectivity index (χ0) is 10.6. The first-order valence-electron chi connectivity index (χ1n) is 3.71. The molecular formula is C8H8IN3OS. The molecule has 6 heteroatoms. The number of thiocarbonyl (C=S) groups is 1. The van der Waals surface area contributed by atoms with Gasteiger partial charge < -0.3 is 5.73 Å². The van der Waals surface area contributed by atoms with E-state index < -0.39 is 0 Å². The number of amides is 1. The lowest BCUT2D eigenvalue weighted by Crippen LogP contribution is -2.44. The lowest BCUT2D eigenvalue weighted by atomic mass is 10.2. The summed E-state index contributed by atoms with van der Waals surface area (Å²) in [5.74, 6) is -0.269. The zero-order valence-electron chi connectivity index (χ0n) is 7.08. The van der Waals surface area contributed by atoms with Gasteiger partial charge in [-0.15, -0.1) is 0 Å². The number of hydrogen-bond donors (Lipinski definition) is 3. The highest BCUT2D eigenvalue weighted by atomic mass is 127.